The highest BCUT2D eigenvalue weighted by molar-refractivity contribution is 7.92. The second kappa shape index (κ2) is 15.3. The van der Waals surface area contributed by atoms with Crippen molar-refractivity contribution in [2.75, 3.05) is 38.8 Å². The number of rotatable bonds is 15. The molecular weight excluding hydrogens is 586 g/mol. The van der Waals surface area contributed by atoms with Crippen molar-refractivity contribution < 1.29 is 37.0 Å². The normalized spacial score (nSPS) is 11.8. The minimum Gasteiger partial charge on any atom is -0.497 e. The zero-order chi connectivity index (χ0) is 32.4. The van der Waals surface area contributed by atoms with Gasteiger partial charge in [0.1, 0.15) is 24.1 Å². The van der Waals surface area contributed by atoms with Gasteiger partial charge < -0.3 is 29.2 Å². The molecule has 0 fully saturated rings. The van der Waals surface area contributed by atoms with Crippen molar-refractivity contribution in [3.05, 3.63) is 72.3 Å². The first-order valence-corrected chi connectivity index (χ1v) is 15.6. The molecule has 238 valence electrons. The van der Waals surface area contributed by atoms with Gasteiger partial charge in [0.15, 0.2) is 11.5 Å². The highest BCUT2D eigenvalue weighted by Crippen LogP contribution is 2.33. The quantitative estimate of drug-likeness (QED) is 0.265. The highest BCUT2D eigenvalue weighted by Gasteiger charge is 2.33. The molecule has 0 aliphatic heterocycles. The van der Waals surface area contributed by atoms with Crippen molar-refractivity contribution in [2.24, 2.45) is 0 Å². The van der Waals surface area contributed by atoms with Gasteiger partial charge in [-0.2, -0.15) is 0 Å². The fraction of sp³-hybridized carbons (Fsp3) is 0.375. The summed E-state index contributed by atoms with van der Waals surface area (Å²) in [6.45, 7) is 7.01. The van der Waals surface area contributed by atoms with Crippen molar-refractivity contribution >= 4 is 27.5 Å². The number of hydrogen-bond acceptors (Lipinski definition) is 8. The lowest BCUT2D eigenvalue weighted by atomic mass is 10.1. The van der Waals surface area contributed by atoms with E-state index < -0.39 is 28.5 Å². The molecule has 0 radical (unpaired) electrons. The zero-order valence-corrected chi connectivity index (χ0v) is 27.0. The van der Waals surface area contributed by atoms with Crippen LogP contribution in [0.25, 0.3) is 0 Å². The van der Waals surface area contributed by atoms with Gasteiger partial charge in [0.2, 0.25) is 11.8 Å². The molecule has 0 heterocycles. The molecular formula is C32H41N3O8S. The number of benzene rings is 3. The summed E-state index contributed by atoms with van der Waals surface area (Å²) in [5.41, 5.74) is 0.971. The van der Waals surface area contributed by atoms with Crippen LogP contribution >= 0.6 is 0 Å². The predicted octanol–water partition coefficient (Wildman–Crippen LogP) is 4.25. The predicted molar refractivity (Wildman–Crippen MR) is 168 cm³/mol. The third-order valence-corrected chi connectivity index (χ3v) is 8.54. The van der Waals surface area contributed by atoms with E-state index >= 15 is 0 Å². The molecule has 0 aliphatic rings. The topological polar surface area (TPSA) is 124 Å². The van der Waals surface area contributed by atoms with Crippen LogP contribution in [0.3, 0.4) is 0 Å². The molecule has 0 saturated carbocycles. The molecule has 0 saturated heterocycles. The van der Waals surface area contributed by atoms with Crippen LogP contribution in [0.5, 0.6) is 23.0 Å². The number of nitrogens with zero attached hydrogens (tertiary/aromatic N) is 2. The Morgan fingerprint density at radius 3 is 1.98 bits per heavy atom. The fourth-order valence-electron chi connectivity index (χ4n) is 4.42. The summed E-state index contributed by atoms with van der Waals surface area (Å²) in [5, 5.41) is 2.84. The summed E-state index contributed by atoms with van der Waals surface area (Å²) >= 11 is 0. The van der Waals surface area contributed by atoms with Crippen LogP contribution in [0.2, 0.25) is 0 Å². The van der Waals surface area contributed by atoms with Crippen LogP contribution in [0.1, 0.15) is 33.3 Å². The smallest absolute Gasteiger partial charge is 0.264 e. The molecule has 0 spiro atoms. The molecule has 12 heteroatoms. The summed E-state index contributed by atoms with van der Waals surface area (Å²) in [7, 11) is 0.0880. The molecule has 1 atom stereocenters. The van der Waals surface area contributed by atoms with E-state index in [0.717, 1.165) is 9.87 Å². The molecule has 1 N–H and O–H groups in total. The Balaban J connectivity index is 2.08. The summed E-state index contributed by atoms with van der Waals surface area (Å²) in [4.78, 5) is 28.5. The average Bonchev–Trinajstić information content (AvgIpc) is 3.02. The van der Waals surface area contributed by atoms with Crippen LogP contribution in [0.15, 0.2) is 71.6 Å². The van der Waals surface area contributed by atoms with Crippen molar-refractivity contribution in [1.29, 1.82) is 0 Å². The van der Waals surface area contributed by atoms with Gasteiger partial charge in [-0.15, -0.1) is 0 Å². The van der Waals surface area contributed by atoms with Gasteiger partial charge in [-0.05, 0) is 81.8 Å². The van der Waals surface area contributed by atoms with Gasteiger partial charge in [-0.25, -0.2) is 8.42 Å². The number of anilines is 1. The van der Waals surface area contributed by atoms with E-state index in [1.54, 1.807) is 62.6 Å². The Bertz CT molecular complexity index is 1510. The van der Waals surface area contributed by atoms with Gasteiger partial charge >= 0.3 is 0 Å². The molecule has 0 bridgehead atoms. The molecule has 44 heavy (non-hydrogen) atoms. The number of hydrogen-bond donors (Lipinski definition) is 1. The van der Waals surface area contributed by atoms with Crippen molar-refractivity contribution in [3.8, 4) is 23.0 Å². The summed E-state index contributed by atoms with van der Waals surface area (Å²) in [6, 6.07) is 16.6. The van der Waals surface area contributed by atoms with E-state index in [1.165, 1.54) is 37.3 Å². The third kappa shape index (κ3) is 8.34. The number of sulfonamides is 1. The van der Waals surface area contributed by atoms with E-state index in [9.17, 15) is 18.0 Å². The van der Waals surface area contributed by atoms with E-state index in [2.05, 4.69) is 5.32 Å². The lowest BCUT2D eigenvalue weighted by Crippen LogP contribution is -2.52. The first kappa shape index (κ1) is 34.0. The lowest BCUT2D eigenvalue weighted by molar-refractivity contribution is -0.139. The number of nitrogens with one attached hydrogen (secondary N) is 1. The summed E-state index contributed by atoms with van der Waals surface area (Å²) < 4.78 is 50.8. The Morgan fingerprint density at radius 1 is 0.818 bits per heavy atom. The number of carbonyl (C=O) groups is 2. The number of ether oxygens (including phenoxy) is 4. The molecule has 0 aliphatic carbocycles. The number of methoxy groups -OCH3 is 3. The minimum atomic E-state index is -4.32. The van der Waals surface area contributed by atoms with Crippen molar-refractivity contribution in [1.82, 2.24) is 10.2 Å². The number of carbonyl (C=O) groups excluding carboxylic acids is 2. The van der Waals surface area contributed by atoms with Crippen LogP contribution in [0.4, 0.5) is 5.69 Å². The van der Waals surface area contributed by atoms with E-state index in [0.29, 0.717) is 23.9 Å². The molecule has 0 unspecified atom stereocenters. The van der Waals surface area contributed by atoms with E-state index in [4.69, 9.17) is 18.9 Å². The molecule has 11 nitrogen and oxygen atoms in total. The Morgan fingerprint density at radius 2 is 1.43 bits per heavy atom. The van der Waals surface area contributed by atoms with Crippen LogP contribution < -0.4 is 28.6 Å². The summed E-state index contributed by atoms with van der Waals surface area (Å²) in [5.74, 6) is 0.811. The van der Waals surface area contributed by atoms with Gasteiger partial charge in [0.25, 0.3) is 10.0 Å². The first-order chi connectivity index (χ1) is 20.9. The van der Waals surface area contributed by atoms with Crippen LogP contribution in [-0.4, -0.2) is 71.7 Å². The number of amides is 2. The molecule has 3 aromatic carbocycles. The molecule has 3 rings (SSSR count). The average molecular weight is 628 g/mol. The highest BCUT2D eigenvalue weighted by atomic mass is 32.2. The monoisotopic (exact) mass is 627 g/mol. The maximum absolute atomic E-state index is 14.2. The minimum absolute atomic E-state index is 0.0586. The van der Waals surface area contributed by atoms with Gasteiger partial charge in [-0.3, -0.25) is 13.9 Å². The van der Waals surface area contributed by atoms with Gasteiger partial charge in [0.05, 0.1) is 38.5 Å². The third-order valence-electron chi connectivity index (χ3n) is 6.77. The maximum atomic E-state index is 14.2. The molecule has 3 aromatic rings. The fourth-order valence-corrected chi connectivity index (χ4v) is 5.85. The first-order valence-electron chi connectivity index (χ1n) is 14.2. The second-order valence-corrected chi connectivity index (χ2v) is 12.0. The standard InChI is InChI=1S/C32H41N3O8S/c1-8-43-27-15-11-25(12-16-27)35(44(38,39)28-17-18-29(41-6)30(19-28)42-7)21-31(36)34(23(4)32(37)33-22(2)3)20-24-9-13-26(40-5)14-10-24/h9-19,22-23H,8,20-21H2,1-7H3,(H,33,37)/t23-/m0/s1. The van der Waals surface area contributed by atoms with Crippen molar-refractivity contribution in [2.45, 2.75) is 51.2 Å². The second-order valence-electron chi connectivity index (χ2n) is 10.2. The van der Waals surface area contributed by atoms with Crippen LogP contribution in [-0.2, 0) is 26.2 Å². The van der Waals surface area contributed by atoms with E-state index in [-0.39, 0.29) is 34.8 Å². The molecule has 0 aromatic heterocycles. The van der Waals surface area contributed by atoms with E-state index in [1.807, 2.05) is 20.8 Å². The molecule has 2 amide bonds. The Labute approximate surface area is 259 Å². The van der Waals surface area contributed by atoms with Gasteiger partial charge in [-0.1, -0.05) is 12.1 Å². The largest absolute Gasteiger partial charge is 0.497 e. The summed E-state index contributed by atoms with van der Waals surface area (Å²) in [6.07, 6.45) is 0. The maximum Gasteiger partial charge on any atom is 0.264 e. The Kier molecular flexibility index (Phi) is 11.9. The van der Waals surface area contributed by atoms with Gasteiger partial charge in [0, 0.05) is 18.7 Å². The Hall–Kier alpha value is -4.45. The zero-order valence-electron chi connectivity index (χ0n) is 26.2. The SMILES string of the molecule is CCOc1ccc(N(CC(=O)N(Cc2ccc(OC)cc2)[C@@H](C)C(=O)NC(C)C)S(=O)(=O)c2ccc(OC)c(OC)c2)cc1. The lowest BCUT2D eigenvalue weighted by Gasteiger charge is -2.32. The van der Waals surface area contributed by atoms with Crippen LogP contribution in [0, 0.1) is 0 Å². The van der Waals surface area contributed by atoms with Crippen molar-refractivity contribution in [3.63, 3.8) is 0 Å².